The van der Waals surface area contributed by atoms with Crippen LogP contribution in [-0.2, 0) is 50.3 Å². The van der Waals surface area contributed by atoms with Crippen molar-refractivity contribution in [3.05, 3.63) is 105 Å². The summed E-state index contributed by atoms with van der Waals surface area (Å²) in [6, 6.07) is 12.7. The molecule has 4 aliphatic heterocycles. The van der Waals surface area contributed by atoms with E-state index in [4.69, 9.17) is 5.73 Å². The number of hydrogen-bond donors (Lipinski definition) is 7. The fourth-order valence-electron chi connectivity index (χ4n) is 10.7. The van der Waals surface area contributed by atoms with E-state index in [0.29, 0.717) is 73.0 Å². The first kappa shape index (κ1) is 58.8. The Bertz CT molecular complexity index is 3190. The minimum Gasteiger partial charge on any atom is -0.370 e. The van der Waals surface area contributed by atoms with Crippen molar-refractivity contribution in [1.29, 1.82) is 0 Å². The highest BCUT2D eigenvalue weighted by molar-refractivity contribution is 7.52. The van der Waals surface area contributed by atoms with Gasteiger partial charge in [-0.1, -0.05) is 74.1 Å². The molecule has 0 spiro atoms. The lowest BCUT2D eigenvalue weighted by molar-refractivity contribution is -0.141. The number of alkyl halides is 2. The highest BCUT2D eigenvalue weighted by Gasteiger charge is 2.50. The summed E-state index contributed by atoms with van der Waals surface area (Å²) in [4.78, 5) is 144. The number of carbonyl (C=O) groups excluding carboxylic acids is 9. The van der Waals surface area contributed by atoms with Gasteiger partial charge < -0.3 is 46.2 Å². The molecule has 4 aromatic rings. The summed E-state index contributed by atoms with van der Waals surface area (Å²) in [6.45, 7) is 3.01. The van der Waals surface area contributed by atoms with Crippen LogP contribution < -0.4 is 27.0 Å². The number of unbranched alkanes of at least 4 members (excludes halogenated alkanes) is 1. The molecule has 1 unspecified atom stereocenters. The van der Waals surface area contributed by atoms with Crippen molar-refractivity contribution < 1.29 is 66.3 Å². The van der Waals surface area contributed by atoms with E-state index in [1.54, 1.807) is 47.4 Å². The highest BCUT2D eigenvalue weighted by atomic mass is 32.1. The number of imide groups is 1. The molecule has 0 saturated carbocycles. The third-order valence-electron chi connectivity index (χ3n) is 15.1. The number of halogens is 2. The summed E-state index contributed by atoms with van der Waals surface area (Å²) in [5.41, 5.74) is 2.51. The third-order valence-corrected chi connectivity index (χ3v) is 17.2. The Morgan fingerprint density at radius 3 is 2.34 bits per heavy atom. The number of nitrogens with zero attached hydrogens (tertiary/aromatic N) is 3. The molecular formula is C56H63F2N8O12PS. The van der Waals surface area contributed by atoms with Gasteiger partial charge in [0.25, 0.3) is 11.8 Å². The Balaban J connectivity index is 0.886. The molecule has 3 fully saturated rings. The van der Waals surface area contributed by atoms with Crippen molar-refractivity contribution in [3.8, 4) is 11.8 Å². The van der Waals surface area contributed by atoms with Crippen LogP contribution in [0.4, 0.5) is 8.78 Å². The summed E-state index contributed by atoms with van der Waals surface area (Å²) in [7, 11) is -5.86. The zero-order valence-electron chi connectivity index (χ0n) is 43.9. The number of nitrogens with one attached hydrogen (secondary N) is 4. The van der Waals surface area contributed by atoms with Crippen LogP contribution >= 0.6 is 18.9 Å². The molecule has 8 N–H and O–H groups in total. The molecule has 8 rings (SSSR count). The van der Waals surface area contributed by atoms with Crippen molar-refractivity contribution in [2.24, 2.45) is 11.7 Å². The molecular weight excluding hydrogens is 1080 g/mol. The number of piperidine rings is 2. The van der Waals surface area contributed by atoms with E-state index >= 15 is 0 Å². The smallest absolute Gasteiger partial charge is 0.370 e. The quantitative estimate of drug-likeness (QED) is 0.0355. The van der Waals surface area contributed by atoms with Gasteiger partial charge in [-0.2, -0.15) is 8.78 Å². The average molecular weight is 1140 g/mol. The van der Waals surface area contributed by atoms with Crippen molar-refractivity contribution in [2.45, 2.75) is 133 Å². The minimum absolute atomic E-state index is 0.0392. The number of carbonyl (C=O) groups is 9. The highest BCUT2D eigenvalue weighted by Crippen LogP contribution is 2.59. The van der Waals surface area contributed by atoms with Crippen LogP contribution in [0.15, 0.2) is 72.8 Å². The molecule has 0 radical (unpaired) electrons. The first-order valence-electron chi connectivity index (χ1n) is 26.7. The van der Waals surface area contributed by atoms with Gasteiger partial charge in [0.15, 0.2) is 0 Å². The zero-order chi connectivity index (χ0) is 57.5. The Morgan fingerprint density at radius 2 is 1.64 bits per heavy atom. The molecule has 20 nitrogen and oxygen atoms in total. The minimum atomic E-state index is -5.86. The van der Waals surface area contributed by atoms with Crippen LogP contribution in [0.5, 0.6) is 0 Å². The number of rotatable bonds is 20. The Hall–Kier alpha value is -7.38. The Labute approximate surface area is 464 Å². The van der Waals surface area contributed by atoms with Crippen LogP contribution in [0.2, 0.25) is 0 Å². The van der Waals surface area contributed by atoms with Gasteiger partial charge in [-0.25, -0.2) is 0 Å². The normalized spacial score (nSPS) is 18.9. The summed E-state index contributed by atoms with van der Waals surface area (Å²) < 4.78 is 40.9. The van der Waals surface area contributed by atoms with Crippen molar-refractivity contribution in [3.63, 3.8) is 0 Å². The van der Waals surface area contributed by atoms with E-state index in [1.807, 2.05) is 13.0 Å². The van der Waals surface area contributed by atoms with E-state index in [0.717, 1.165) is 35.5 Å². The maximum atomic E-state index is 14.5. The fraction of sp³-hybridized carbons (Fsp3) is 0.446. The van der Waals surface area contributed by atoms with Crippen molar-refractivity contribution in [1.82, 2.24) is 36.0 Å². The second-order valence-electron chi connectivity index (χ2n) is 20.6. The summed E-state index contributed by atoms with van der Waals surface area (Å²) >= 11 is 0.925. The maximum Gasteiger partial charge on any atom is 0.399 e. The van der Waals surface area contributed by atoms with Crippen molar-refractivity contribution >= 4 is 82.2 Å². The molecule has 0 aliphatic carbocycles. The molecule has 424 valence electrons. The number of benzene rings is 3. The molecule has 5 heterocycles. The molecule has 4 aliphatic rings. The number of nitrogens with two attached hydrogens (primary N) is 1. The van der Waals surface area contributed by atoms with Crippen LogP contribution in [0.3, 0.4) is 0 Å². The molecule has 1 aromatic heterocycles. The van der Waals surface area contributed by atoms with E-state index in [1.165, 1.54) is 21.9 Å². The lowest BCUT2D eigenvalue weighted by Gasteiger charge is -2.35. The molecule has 80 heavy (non-hydrogen) atoms. The standard InChI is InChI=1S/C56H63F2N8O12PS/c1-2-3-17-41(61-52(72)45-31-36-30-37(19-22-44(36)80-45)56(57,58)79(76,77)78)54(74)65-27-10-18-42(65)50(70)60-40(20-23-46(59)67)49(69)63-48(35-13-5-4-6-14-35)55(75)64-28-25-33(26-29-64)11-7-8-12-34-15-9-16-38-39(34)32-66(53(38)73)43-21-24-47(68)62-51(43)71/h4-6,9,13-16,19,22,30-31,33,40-43,48H,2-3,7,10-11,17-18,20-21,23-29,32H2,1H3,(H2,59,67)(H,60,70)(H,61,72)(H,63,69)(H,62,68,71)(H2,76,77,78)/t40-,41-,42-,43?,48-/m0/s1. The summed E-state index contributed by atoms with van der Waals surface area (Å²) in [5, 5.41) is 10.7. The van der Waals surface area contributed by atoms with E-state index in [-0.39, 0.29) is 85.5 Å². The topological polar surface area (TPSA) is 295 Å². The van der Waals surface area contributed by atoms with E-state index in [9.17, 15) is 66.3 Å². The lowest BCUT2D eigenvalue weighted by Crippen LogP contribution is -2.57. The maximum absolute atomic E-state index is 14.5. The number of amides is 9. The molecule has 24 heteroatoms. The van der Waals surface area contributed by atoms with Gasteiger partial charge in [-0.3, -0.25) is 53.0 Å². The number of thiophene rings is 1. The summed E-state index contributed by atoms with van der Waals surface area (Å²) in [5.74, 6) is 1.69. The molecule has 5 atom stereocenters. The van der Waals surface area contributed by atoms with Crippen LogP contribution in [-0.4, -0.2) is 121 Å². The SMILES string of the molecule is CCCC[C@H](NC(=O)c1cc2cc(C(F)(F)P(=O)(O)O)ccc2s1)C(=O)N1CCC[C@H]1C(=O)N[C@@H](CCC(N)=O)C(=O)N[C@H](C(=O)N1CCC(CCC#Cc2cccc3c2CN(C2CCC(=O)NC2=O)C3=O)CC1)c1ccccc1. The first-order chi connectivity index (χ1) is 38.1. The predicted octanol–water partition coefficient (Wildman–Crippen LogP) is 4.85. The number of fused-ring (bicyclic) bond motifs is 2. The van der Waals surface area contributed by atoms with E-state index in [2.05, 4.69) is 33.1 Å². The monoisotopic (exact) mass is 1140 g/mol. The van der Waals surface area contributed by atoms with Gasteiger partial charge in [-0.15, -0.1) is 11.3 Å². The van der Waals surface area contributed by atoms with Gasteiger partial charge >= 0.3 is 13.3 Å². The van der Waals surface area contributed by atoms with Crippen LogP contribution in [0, 0.1) is 17.8 Å². The number of primary amides is 1. The Morgan fingerprint density at radius 1 is 0.887 bits per heavy atom. The van der Waals surface area contributed by atoms with Gasteiger partial charge in [0.05, 0.1) is 4.88 Å². The summed E-state index contributed by atoms with van der Waals surface area (Å²) in [6.07, 6.45) is 4.42. The Kier molecular flexibility index (Phi) is 18.6. The van der Waals surface area contributed by atoms with Gasteiger partial charge in [0, 0.05) is 66.8 Å². The molecule has 9 amide bonds. The number of likely N-dealkylation sites (tertiary alicyclic amines) is 2. The third kappa shape index (κ3) is 13.4. The molecule has 0 bridgehead atoms. The van der Waals surface area contributed by atoms with Gasteiger partial charge in [-0.05, 0) is 104 Å². The second-order valence-corrected chi connectivity index (χ2v) is 23.3. The predicted molar refractivity (Wildman–Crippen MR) is 289 cm³/mol. The van der Waals surface area contributed by atoms with Gasteiger partial charge in [0.2, 0.25) is 41.4 Å². The van der Waals surface area contributed by atoms with E-state index < -0.39 is 84.5 Å². The molecule has 3 aromatic carbocycles. The lowest BCUT2D eigenvalue weighted by atomic mass is 9.91. The van der Waals surface area contributed by atoms with Crippen LogP contribution in [0.25, 0.3) is 10.1 Å². The van der Waals surface area contributed by atoms with Crippen molar-refractivity contribution in [2.75, 3.05) is 19.6 Å². The largest absolute Gasteiger partial charge is 0.399 e. The first-order valence-corrected chi connectivity index (χ1v) is 29.1. The van der Waals surface area contributed by atoms with Gasteiger partial charge in [0.1, 0.15) is 30.2 Å². The zero-order valence-corrected chi connectivity index (χ0v) is 45.6. The molecule has 3 saturated heterocycles. The average Bonchev–Trinajstić information content (AvgIpc) is 4.19. The second kappa shape index (κ2) is 25.4. The number of hydrogen-bond acceptors (Lipinski definition) is 11. The van der Waals surface area contributed by atoms with Crippen LogP contribution in [0.1, 0.15) is 139 Å². The fourth-order valence-corrected chi connectivity index (χ4v) is 12.1.